The minimum absolute atomic E-state index is 0.222. The monoisotopic (exact) mass is 483 g/mol. The first-order chi connectivity index (χ1) is 16.2. The van der Waals surface area contributed by atoms with Gasteiger partial charge in [-0.1, -0.05) is 0 Å². The van der Waals surface area contributed by atoms with Crippen molar-refractivity contribution in [3.63, 3.8) is 0 Å². The Balaban J connectivity index is 1.49. The minimum Gasteiger partial charge on any atom is -0.496 e. The fourth-order valence-corrected chi connectivity index (χ4v) is 5.19. The Labute approximate surface area is 200 Å². The number of benzene rings is 2. The van der Waals surface area contributed by atoms with Crippen molar-refractivity contribution >= 4 is 33.0 Å². The van der Waals surface area contributed by atoms with Gasteiger partial charge in [0.1, 0.15) is 23.2 Å². The van der Waals surface area contributed by atoms with Gasteiger partial charge in [-0.25, -0.2) is 18.4 Å². The zero-order valence-electron chi connectivity index (χ0n) is 19.8. The Morgan fingerprint density at radius 1 is 0.941 bits per heavy atom. The zero-order chi connectivity index (χ0) is 24.3. The van der Waals surface area contributed by atoms with Crippen LogP contribution in [0.15, 0.2) is 47.4 Å². The van der Waals surface area contributed by atoms with Crippen molar-refractivity contribution in [3.05, 3.63) is 59.4 Å². The van der Waals surface area contributed by atoms with Gasteiger partial charge in [0, 0.05) is 30.5 Å². The van der Waals surface area contributed by atoms with Gasteiger partial charge in [-0.05, 0) is 68.3 Å². The standard InChI is InChI=1S/C24H29N5O4S/c1-16-14-22(17(2)13-21(16)32-4)34(30,31)28-20-7-5-19(6-8-20)27-23-15-24(26-18(3)25-23)29-9-11-33-12-10-29/h5-8,13-15,28H,9-12H2,1-4H3,(H,25,26,27). The molecule has 180 valence electrons. The Kier molecular flexibility index (Phi) is 6.90. The number of aryl methyl sites for hydroxylation is 3. The van der Waals surface area contributed by atoms with Crippen molar-refractivity contribution in [2.24, 2.45) is 0 Å². The second-order valence-corrected chi connectivity index (χ2v) is 9.80. The topological polar surface area (TPSA) is 106 Å². The van der Waals surface area contributed by atoms with Crippen LogP contribution in [0.25, 0.3) is 0 Å². The van der Waals surface area contributed by atoms with E-state index in [1.54, 1.807) is 50.4 Å². The molecule has 2 heterocycles. The van der Waals surface area contributed by atoms with Crippen LogP contribution in [0.5, 0.6) is 5.75 Å². The third kappa shape index (κ3) is 5.40. The Morgan fingerprint density at radius 2 is 1.62 bits per heavy atom. The Hall–Kier alpha value is -3.37. The summed E-state index contributed by atoms with van der Waals surface area (Å²) >= 11 is 0. The Bertz CT molecular complexity index is 1270. The molecule has 1 aromatic heterocycles. The highest BCUT2D eigenvalue weighted by Gasteiger charge is 2.19. The van der Waals surface area contributed by atoms with Gasteiger partial charge in [-0.15, -0.1) is 0 Å². The highest BCUT2D eigenvalue weighted by Crippen LogP contribution is 2.28. The van der Waals surface area contributed by atoms with Gasteiger partial charge in [0.15, 0.2) is 0 Å². The number of aromatic nitrogens is 2. The van der Waals surface area contributed by atoms with Gasteiger partial charge in [-0.3, -0.25) is 4.72 Å². The predicted molar refractivity (Wildman–Crippen MR) is 133 cm³/mol. The molecule has 0 unspecified atom stereocenters. The van der Waals surface area contributed by atoms with Crippen molar-refractivity contribution in [3.8, 4) is 5.75 Å². The van der Waals surface area contributed by atoms with Gasteiger partial charge in [0.25, 0.3) is 10.0 Å². The molecule has 0 radical (unpaired) electrons. The lowest BCUT2D eigenvalue weighted by atomic mass is 10.1. The largest absolute Gasteiger partial charge is 0.496 e. The van der Waals surface area contributed by atoms with E-state index in [2.05, 4.69) is 24.9 Å². The molecule has 2 N–H and O–H groups in total. The van der Waals surface area contributed by atoms with Gasteiger partial charge in [-0.2, -0.15) is 0 Å². The Morgan fingerprint density at radius 3 is 2.29 bits per heavy atom. The van der Waals surface area contributed by atoms with E-state index in [0.29, 0.717) is 41.9 Å². The number of hydrogen-bond acceptors (Lipinski definition) is 8. The normalized spacial score (nSPS) is 14.1. The molecule has 1 aliphatic heterocycles. The maximum atomic E-state index is 13.0. The third-order valence-corrected chi connectivity index (χ3v) is 7.07. The summed E-state index contributed by atoms with van der Waals surface area (Å²) in [6, 6.07) is 12.3. The summed E-state index contributed by atoms with van der Waals surface area (Å²) in [7, 11) is -2.18. The number of hydrogen-bond donors (Lipinski definition) is 2. The van der Waals surface area contributed by atoms with E-state index in [4.69, 9.17) is 9.47 Å². The maximum absolute atomic E-state index is 13.0. The lowest BCUT2D eigenvalue weighted by Gasteiger charge is -2.28. The van der Waals surface area contributed by atoms with E-state index in [9.17, 15) is 8.42 Å². The van der Waals surface area contributed by atoms with Gasteiger partial charge in [0.05, 0.1) is 25.2 Å². The van der Waals surface area contributed by atoms with Gasteiger partial charge >= 0.3 is 0 Å². The number of ether oxygens (including phenoxy) is 2. The van der Waals surface area contributed by atoms with Crippen LogP contribution in [0.4, 0.5) is 23.0 Å². The van der Waals surface area contributed by atoms with Crippen LogP contribution < -0.4 is 19.7 Å². The third-order valence-electron chi connectivity index (χ3n) is 5.55. The molecule has 9 nitrogen and oxygen atoms in total. The highest BCUT2D eigenvalue weighted by molar-refractivity contribution is 7.92. The lowest BCUT2D eigenvalue weighted by Crippen LogP contribution is -2.36. The molecular weight excluding hydrogens is 454 g/mol. The number of sulfonamides is 1. The number of methoxy groups -OCH3 is 1. The molecule has 0 amide bonds. The predicted octanol–water partition coefficient (Wildman–Crippen LogP) is 3.79. The van der Waals surface area contributed by atoms with E-state index in [0.717, 1.165) is 30.2 Å². The molecule has 34 heavy (non-hydrogen) atoms. The lowest BCUT2D eigenvalue weighted by molar-refractivity contribution is 0.122. The molecule has 1 fully saturated rings. The van der Waals surface area contributed by atoms with E-state index in [-0.39, 0.29) is 4.90 Å². The van der Waals surface area contributed by atoms with E-state index in [1.165, 1.54) is 0 Å². The first-order valence-electron chi connectivity index (χ1n) is 11.0. The summed E-state index contributed by atoms with van der Waals surface area (Å²) in [5, 5.41) is 3.28. The molecule has 0 saturated carbocycles. The molecule has 2 aromatic carbocycles. The summed E-state index contributed by atoms with van der Waals surface area (Å²) in [5.74, 6) is 2.85. The molecule has 1 aliphatic rings. The molecule has 3 aromatic rings. The number of nitrogens with zero attached hydrogens (tertiary/aromatic N) is 3. The van der Waals surface area contributed by atoms with Gasteiger partial charge < -0.3 is 19.7 Å². The van der Waals surface area contributed by atoms with Crippen LogP contribution in [-0.2, 0) is 14.8 Å². The van der Waals surface area contributed by atoms with E-state index < -0.39 is 10.0 Å². The summed E-state index contributed by atoms with van der Waals surface area (Å²) in [6.07, 6.45) is 0. The summed E-state index contributed by atoms with van der Waals surface area (Å²) in [5.41, 5.74) is 2.62. The highest BCUT2D eigenvalue weighted by atomic mass is 32.2. The van der Waals surface area contributed by atoms with Crippen LogP contribution in [0.1, 0.15) is 17.0 Å². The fourth-order valence-electron chi connectivity index (χ4n) is 3.82. The van der Waals surface area contributed by atoms with E-state index >= 15 is 0 Å². The maximum Gasteiger partial charge on any atom is 0.262 e. The van der Waals surface area contributed by atoms with Crippen molar-refractivity contribution in [2.75, 3.05) is 48.4 Å². The molecule has 0 atom stereocenters. The molecule has 1 saturated heterocycles. The van der Waals surface area contributed by atoms with Crippen LogP contribution >= 0.6 is 0 Å². The molecule has 4 rings (SSSR count). The number of anilines is 4. The van der Waals surface area contributed by atoms with Crippen molar-refractivity contribution in [1.29, 1.82) is 0 Å². The number of rotatable bonds is 7. The average Bonchev–Trinajstić information content (AvgIpc) is 2.81. The molecule has 0 spiro atoms. The first-order valence-corrected chi connectivity index (χ1v) is 12.5. The molecule has 0 bridgehead atoms. The minimum atomic E-state index is -3.75. The molecule has 0 aliphatic carbocycles. The fraction of sp³-hybridized carbons (Fsp3) is 0.333. The second kappa shape index (κ2) is 9.86. The summed E-state index contributed by atoms with van der Waals surface area (Å²) in [6.45, 7) is 8.36. The zero-order valence-corrected chi connectivity index (χ0v) is 20.6. The van der Waals surface area contributed by atoms with Crippen LogP contribution in [0.2, 0.25) is 0 Å². The smallest absolute Gasteiger partial charge is 0.262 e. The number of nitrogens with one attached hydrogen (secondary N) is 2. The SMILES string of the molecule is COc1cc(C)c(S(=O)(=O)Nc2ccc(Nc3cc(N4CCOCC4)nc(C)n3)cc2)cc1C. The van der Waals surface area contributed by atoms with Crippen LogP contribution in [0, 0.1) is 20.8 Å². The van der Waals surface area contributed by atoms with Gasteiger partial charge in [0.2, 0.25) is 0 Å². The average molecular weight is 484 g/mol. The molecular formula is C24H29N5O4S. The van der Waals surface area contributed by atoms with Crippen molar-refractivity contribution < 1.29 is 17.9 Å². The summed E-state index contributed by atoms with van der Waals surface area (Å²) < 4.78 is 39.3. The summed E-state index contributed by atoms with van der Waals surface area (Å²) in [4.78, 5) is 11.4. The first kappa shape index (κ1) is 23.8. The van der Waals surface area contributed by atoms with Crippen molar-refractivity contribution in [1.82, 2.24) is 9.97 Å². The number of morpholine rings is 1. The van der Waals surface area contributed by atoms with Crippen LogP contribution in [0.3, 0.4) is 0 Å². The van der Waals surface area contributed by atoms with Crippen LogP contribution in [-0.4, -0.2) is 51.8 Å². The second-order valence-electron chi connectivity index (χ2n) is 8.15. The van der Waals surface area contributed by atoms with E-state index in [1.807, 2.05) is 19.9 Å². The molecule has 10 heteroatoms. The quantitative estimate of drug-likeness (QED) is 0.523. The van der Waals surface area contributed by atoms with Crippen molar-refractivity contribution in [2.45, 2.75) is 25.7 Å².